The lowest BCUT2D eigenvalue weighted by Gasteiger charge is -2.16. The van der Waals surface area contributed by atoms with Crippen molar-refractivity contribution in [3.63, 3.8) is 0 Å². The number of hydrogen-bond acceptors (Lipinski definition) is 2. The van der Waals surface area contributed by atoms with Gasteiger partial charge in [-0.1, -0.05) is 0 Å². The number of hydrogen-bond donors (Lipinski definition) is 1. The SMILES string of the molecule is CN(C(=O)c1ccc(F)cc1O)C1CC1. The molecule has 1 aromatic rings. The van der Waals surface area contributed by atoms with Crippen LogP contribution in [0.3, 0.4) is 0 Å². The minimum atomic E-state index is -0.543. The highest BCUT2D eigenvalue weighted by molar-refractivity contribution is 5.97. The summed E-state index contributed by atoms with van der Waals surface area (Å²) in [5.41, 5.74) is 0.158. The van der Waals surface area contributed by atoms with Crippen molar-refractivity contribution < 1.29 is 14.3 Å². The van der Waals surface area contributed by atoms with Crippen molar-refractivity contribution in [2.45, 2.75) is 18.9 Å². The molecule has 0 aliphatic heterocycles. The molecule has 1 N–H and O–H groups in total. The van der Waals surface area contributed by atoms with Gasteiger partial charge in [-0.15, -0.1) is 0 Å². The van der Waals surface area contributed by atoms with Gasteiger partial charge in [-0.25, -0.2) is 4.39 Å². The zero-order valence-electron chi connectivity index (χ0n) is 8.40. The van der Waals surface area contributed by atoms with E-state index in [4.69, 9.17) is 0 Å². The molecule has 0 radical (unpaired) electrons. The van der Waals surface area contributed by atoms with Crippen molar-refractivity contribution in [1.29, 1.82) is 0 Å². The highest BCUT2D eigenvalue weighted by Crippen LogP contribution is 2.28. The predicted octanol–water partition coefficient (Wildman–Crippen LogP) is 1.77. The van der Waals surface area contributed by atoms with E-state index in [0.29, 0.717) is 0 Å². The Kier molecular flexibility index (Phi) is 2.34. The Morgan fingerprint density at radius 1 is 1.53 bits per heavy atom. The fourth-order valence-electron chi connectivity index (χ4n) is 1.50. The number of nitrogens with zero attached hydrogens (tertiary/aromatic N) is 1. The Labute approximate surface area is 87.1 Å². The first-order valence-corrected chi connectivity index (χ1v) is 4.85. The molecule has 1 aliphatic rings. The summed E-state index contributed by atoms with van der Waals surface area (Å²) in [6.45, 7) is 0. The molecule has 3 nitrogen and oxygen atoms in total. The van der Waals surface area contributed by atoms with E-state index in [1.807, 2.05) is 0 Å². The topological polar surface area (TPSA) is 40.5 Å². The highest BCUT2D eigenvalue weighted by Gasteiger charge is 2.30. The molecule has 1 fully saturated rings. The molecule has 0 saturated heterocycles. The third kappa shape index (κ3) is 1.93. The van der Waals surface area contributed by atoms with Gasteiger partial charge in [-0.2, -0.15) is 0 Å². The molecule has 1 amide bonds. The molecule has 0 aromatic heterocycles. The summed E-state index contributed by atoms with van der Waals surface area (Å²) in [4.78, 5) is 13.4. The summed E-state index contributed by atoms with van der Waals surface area (Å²) in [7, 11) is 1.70. The predicted molar refractivity (Wildman–Crippen MR) is 53.2 cm³/mol. The summed E-state index contributed by atoms with van der Waals surface area (Å²) < 4.78 is 12.7. The second kappa shape index (κ2) is 3.53. The number of halogens is 1. The van der Waals surface area contributed by atoms with Gasteiger partial charge < -0.3 is 10.0 Å². The number of carbonyl (C=O) groups excluding carboxylic acids is 1. The van der Waals surface area contributed by atoms with Gasteiger partial charge in [-0.05, 0) is 25.0 Å². The van der Waals surface area contributed by atoms with Crippen LogP contribution in [0.4, 0.5) is 4.39 Å². The third-order valence-electron chi connectivity index (χ3n) is 2.61. The molecule has 15 heavy (non-hydrogen) atoms. The maximum absolute atomic E-state index is 12.7. The molecular weight excluding hydrogens is 197 g/mol. The van der Waals surface area contributed by atoms with E-state index >= 15 is 0 Å². The van der Waals surface area contributed by atoms with Crippen LogP contribution >= 0.6 is 0 Å². The van der Waals surface area contributed by atoms with Crippen molar-refractivity contribution in [2.75, 3.05) is 7.05 Å². The van der Waals surface area contributed by atoms with Crippen molar-refractivity contribution >= 4 is 5.91 Å². The minimum absolute atomic E-state index is 0.158. The van der Waals surface area contributed by atoms with Crippen molar-refractivity contribution in [2.24, 2.45) is 0 Å². The van der Waals surface area contributed by atoms with E-state index in [2.05, 4.69) is 0 Å². The Balaban J connectivity index is 2.24. The standard InChI is InChI=1S/C11H12FNO2/c1-13(8-3-4-8)11(15)9-5-2-7(12)6-10(9)14/h2,5-6,8,14H,3-4H2,1H3. The lowest BCUT2D eigenvalue weighted by atomic mass is 10.1. The van der Waals surface area contributed by atoms with Gasteiger partial charge in [0.25, 0.3) is 5.91 Å². The molecule has 4 heteroatoms. The van der Waals surface area contributed by atoms with Crippen LogP contribution in [0.1, 0.15) is 23.2 Å². The number of phenolic OH excluding ortho intramolecular Hbond substituents is 1. The molecule has 80 valence electrons. The molecule has 2 rings (SSSR count). The van der Waals surface area contributed by atoms with Crippen LogP contribution < -0.4 is 0 Å². The Morgan fingerprint density at radius 2 is 2.20 bits per heavy atom. The molecule has 1 saturated carbocycles. The normalized spacial score (nSPS) is 15.1. The molecule has 0 heterocycles. The Hall–Kier alpha value is -1.58. The second-order valence-corrected chi connectivity index (χ2v) is 3.81. The second-order valence-electron chi connectivity index (χ2n) is 3.81. The van der Waals surface area contributed by atoms with E-state index in [1.54, 1.807) is 11.9 Å². The number of carbonyl (C=O) groups is 1. The largest absolute Gasteiger partial charge is 0.507 e. The van der Waals surface area contributed by atoms with E-state index in [-0.39, 0.29) is 23.3 Å². The van der Waals surface area contributed by atoms with Crippen LogP contribution in [0.2, 0.25) is 0 Å². The van der Waals surface area contributed by atoms with Gasteiger partial charge in [0, 0.05) is 19.2 Å². The number of amides is 1. The summed E-state index contributed by atoms with van der Waals surface area (Å²) in [6, 6.07) is 3.72. The summed E-state index contributed by atoms with van der Waals surface area (Å²) in [5.74, 6) is -1.10. The first kappa shape index (κ1) is 9.96. The smallest absolute Gasteiger partial charge is 0.257 e. The van der Waals surface area contributed by atoms with Gasteiger partial charge in [0.2, 0.25) is 0 Å². The van der Waals surface area contributed by atoms with Crippen molar-refractivity contribution in [3.8, 4) is 5.75 Å². The average Bonchev–Trinajstić information content (AvgIpc) is 2.99. The first-order valence-electron chi connectivity index (χ1n) is 4.85. The van der Waals surface area contributed by atoms with Crippen LogP contribution in [0.25, 0.3) is 0 Å². The first-order chi connectivity index (χ1) is 7.09. The molecule has 0 spiro atoms. The van der Waals surface area contributed by atoms with Crippen LogP contribution in [-0.4, -0.2) is 29.0 Å². The zero-order valence-corrected chi connectivity index (χ0v) is 8.40. The molecular formula is C11H12FNO2. The van der Waals surface area contributed by atoms with Crippen molar-refractivity contribution in [1.82, 2.24) is 4.90 Å². The van der Waals surface area contributed by atoms with E-state index in [1.165, 1.54) is 12.1 Å². The summed E-state index contributed by atoms with van der Waals surface area (Å²) in [5, 5.41) is 9.43. The number of rotatable bonds is 2. The Morgan fingerprint density at radius 3 is 2.73 bits per heavy atom. The van der Waals surface area contributed by atoms with Crippen LogP contribution in [0, 0.1) is 5.82 Å². The average molecular weight is 209 g/mol. The zero-order chi connectivity index (χ0) is 11.0. The molecule has 1 aromatic carbocycles. The van der Waals surface area contributed by atoms with Gasteiger partial charge in [0.1, 0.15) is 11.6 Å². The fraction of sp³-hybridized carbons (Fsp3) is 0.364. The van der Waals surface area contributed by atoms with Crippen LogP contribution in [0.15, 0.2) is 18.2 Å². The fourth-order valence-corrected chi connectivity index (χ4v) is 1.50. The van der Waals surface area contributed by atoms with E-state index < -0.39 is 5.82 Å². The van der Waals surface area contributed by atoms with Crippen molar-refractivity contribution in [3.05, 3.63) is 29.6 Å². The number of aromatic hydroxyl groups is 1. The molecule has 0 unspecified atom stereocenters. The number of benzene rings is 1. The molecule has 0 atom stereocenters. The lowest BCUT2D eigenvalue weighted by molar-refractivity contribution is 0.0782. The monoisotopic (exact) mass is 209 g/mol. The van der Waals surface area contributed by atoms with Gasteiger partial charge in [-0.3, -0.25) is 4.79 Å². The minimum Gasteiger partial charge on any atom is -0.507 e. The van der Waals surface area contributed by atoms with E-state index in [9.17, 15) is 14.3 Å². The van der Waals surface area contributed by atoms with Gasteiger partial charge in [0.15, 0.2) is 0 Å². The summed E-state index contributed by atoms with van der Waals surface area (Å²) >= 11 is 0. The maximum atomic E-state index is 12.7. The third-order valence-corrected chi connectivity index (χ3v) is 2.61. The highest BCUT2D eigenvalue weighted by atomic mass is 19.1. The quantitative estimate of drug-likeness (QED) is 0.806. The van der Waals surface area contributed by atoms with Crippen LogP contribution in [0.5, 0.6) is 5.75 Å². The molecule has 0 bridgehead atoms. The maximum Gasteiger partial charge on any atom is 0.257 e. The van der Waals surface area contributed by atoms with Gasteiger partial charge >= 0.3 is 0 Å². The number of phenols is 1. The van der Waals surface area contributed by atoms with Crippen LogP contribution in [-0.2, 0) is 0 Å². The Bertz CT molecular complexity index is 402. The summed E-state index contributed by atoms with van der Waals surface area (Å²) in [6.07, 6.45) is 2.01. The lowest BCUT2D eigenvalue weighted by Crippen LogP contribution is -2.28. The van der Waals surface area contributed by atoms with Gasteiger partial charge in [0.05, 0.1) is 5.56 Å². The molecule has 1 aliphatic carbocycles. The van der Waals surface area contributed by atoms with E-state index in [0.717, 1.165) is 18.9 Å².